The Morgan fingerprint density at radius 1 is 1.35 bits per heavy atom. The number of amides is 3. The van der Waals surface area contributed by atoms with Crippen LogP contribution in [0.15, 0.2) is 18.2 Å². The summed E-state index contributed by atoms with van der Waals surface area (Å²) in [5.41, 5.74) is 1.54. The smallest absolute Gasteiger partial charge is 0.335 e. The van der Waals surface area contributed by atoms with Crippen LogP contribution in [0.3, 0.4) is 0 Å². The van der Waals surface area contributed by atoms with Gasteiger partial charge in [0.25, 0.3) is 0 Å². The molecular formula is C14H16N2O4. The second-order valence-corrected chi connectivity index (χ2v) is 4.99. The third kappa shape index (κ3) is 2.64. The third-order valence-corrected chi connectivity index (χ3v) is 3.24. The molecule has 0 bridgehead atoms. The van der Waals surface area contributed by atoms with E-state index in [1.165, 1.54) is 17.0 Å². The van der Waals surface area contributed by atoms with E-state index in [4.69, 9.17) is 5.11 Å². The molecule has 0 atom stereocenters. The van der Waals surface area contributed by atoms with Crippen LogP contribution in [-0.4, -0.2) is 29.6 Å². The fourth-order valence-electron chi connectivity index (χ4n) is 2.19. The molecule has 1 saturated heterocycles. The van der Waals surface area contributed by atoms with E-state index in [9.17, 15) is 14.4 Å². The highest BCUT2D eigenvalue weighted by Gasteiger charge is 2.27. The first-order valence-corrected chi connectivity index (χ1v) is 6.38. The van der Waals surface area contributed by atoms with Gasteiger partial charge in [0.1, 0.15) is 0 Å². The topological polar surface area (TPSA) is 86.7 Å². The molecule has 2 N–H and O–H groups in total. The van der Waals surface area contributed by atoms with Crippen molar-refractivity contribution >= 4 is 23.6 Å². The van der Waals surface area contributed by atoms with Crippen LogP contribution < -0.4 is 10.2 Å². The van der Waals surface area contributed by atoms with Gasteiger partial charge in [-0.2, -0.15) is 0 Å². The van der Waals surface area contributed by atoms with Gasteiger partial charge in [-0.1, -0.05) is 19.9 Å². The maximum Gasteiger partial charge on any atom is 0.335 e. The first-order valence-electron chi connectivity index (χ1n) is 6.38. The molecule has 1 heterocycles. The summed E-state index contributed by atoms with van der Waals surface area (Å²) in [6.45, 7) is 4.19. The van der Waals surface area contributed by atoms with Crippen LogP contribution in [0, 0.1) is 0 Å². The van der Waals surface area contributed by atoms with Crippen LogP contribution in [0.2, 0.25) is 0 Å². The molecular weight excluding hydrogens is 260 g/mol. The molecule has 1 aromatic rings. The van der Waals surface area contributed by atoms with Crippen molar-refractivity contribution in [2.24, 2.45) is 0 Å². The minimum Gasteiger partial charge on any atom is -0.478 e. The maximum atomic E-state index is 11.9. The van der Waals surface area contributed by atoms with Crippen LogP contribution in [0.4, 0.5) is 10.5 Å². The first kappa shape index (κ1) is 14.0. The monoisotopic (exact) mass is 276 g/mol. The van der Waals surface area contributed by atoms with E-state index in [0.717, 1.165) is 5.56 Å². The summed E-state index contributed by atoms with van der Waals surface area (Å²) in [6.07, 6.45) is 0.209. The molecule has 0 unspecified atom stereocenters. The molecule has 1 aliphatic heterocycles. The zero-order valence-corrected chi connectivity index (χ0v) is 11.3. The van der Waals surface area contributed by atoms with Gasteiger partial charge < -0.3 is 5.11 Å². The highest BCUT2D eigenvalue weighted by Crippen LogP contribution is 2.30. The van der Waals surface area contributed by atoms with E-state index in [2.05, 4.69) is 5.32 Å². The Morgan fingerprint density at radius 3 is 2.60 bits per heavy atom. The molecule has 0 aliphatic carbocycles. The number of hydrogen-bond acceptors (Lipinski definition) is 3. The Balaban J connectivity index is 2.47. The lowest BCUT2D eigenvalue weighted by Gasteiger charge is -2.29. The first-order chi connectivity index (χ1) is 9.40. The quantitative estimate of drug-likeness (QED) is 0.883. The molecule has 0 aromatic heterocycles. The zero-order chi connectivity index (χ0) is 14.9. The highest BCUT2D eigenvalue weighted by molar-refractivity contribution is 6.06. The van der Waals surface area contributed by atoms with Crippen molar-refractivity contribution in [3.63, 3.8) is 0 Å². The summed E-state index contributed by atoms with van der Waals surface area (Å²) in [5.74, 6) is -1.22. The number of imide groups is 1. The van der Waals surface area contributed by atoms with Crippen LogP contribution in [-0.2, 0) is 4.79 Å². The molecule has 6 heteroatoms. The molecule has 1 aromatic carbocycles. The highest BCUT2D eigenvalue weighted by atomic mass is 16.4. The van der Waals surface area contributed by atoms with Gasteiger partial charge >= 0.3 is 12.0 Å². The average Bonchev–Trinajstić information content (AvgIpc) is 2.37. The maximum absolute atomic E-state index is 11.9. The van der Waals surface area contributed by atoms with E-state index in [0.29, 0.717) is 5.69 Å². The average molecular weight is 276 g/mol. The lowest BCUT2D eigenvalue weighted by Crippen LogP contribution is -2.50. The number of aromatic carboxylic acids is 1. The summed E-state index contributed by atoms with van der Waals surface area (Å²) in [4.78, 5) is 35.6. The summed E-state index contributed by atoms with van der Waals surface area (Å²) >= 11 is 0. The molecule has 6 nitrogen and oxygen atoms in total. The molecule has 0 radical (unpaired) electrons. The normalized spacial score (nSPS) is 15.4. The molecule has 106 valence electrons. The van der Waals surface area contributed by atoms with Gasteiger partial charge in [0.05, 0.1) is 5.56 Å². The number of carboxylic acids is 1. The Labute approximate surface area is 116 Å². The van der Waals surface area contributed by atoms with Gasteiger partial charge in [-0.25, -0.2) is 9.59 Å². The Kier molecular flexibility index (Phi) is 3.74. The van der Waals surface area contributed by atoms with Gasteiger partial charge in [-0.3, -0.25) is 15.0 Å². The Hall–Kier alpha value is -2.37. The molecule has 0 spiro atoms. The van der Waals surface area contributed by atoms with Gasteiger partial charge in [-0.15, -0.1) is 0 Å². The van der Waals surface area contributed by atoms with E-state index in [-0.39, 0.29) is 30.4 Å². The molecule has 0 saturated carbocycles. The minimum absolute atomic E-state index is 0.120. The number of benzene rings is 1. The van der Waals surface area contributed by atoms with Crippen molar-refractivity contribution in [3.05, 3.63) is 29.3 Å². The summed E-state index contributed by atoms with van der Waals surface area (Å²) < 4.78 is 0. The van der Waals surface area contributed by atoms with Crippen molar-refractivity contribution < 1.29 is 19.5 Å². The molecule has 20 heavy (non-hydrogen) atoms. The van der Waals surface area contributed by atoms with Crippen LogP contribution in [0.25, 0.3) is 0 Å². The number of nitrogens with one attached hydrogen (secondary N) is 1. The number of anilines is 1. The summed E-state index contributed by atoms with van der Waals surface area (Å²) in [7, 11) is 0. The largest absolute Gasteiger partial charge is 0.478 e. The number of urea groups is 1. The van der Waals surface area contributed by atoms with Crippen LogP contribution in [0.5, 0.6) is 0 Å². The van der Waals surface area contributed by atoms with Gasteiger partial charge in [0.2, 0.25) is 5.91 Å². The number of nitrogens with zero attached hydrogens (tertiary/aromatic N) is 1. The van der Waals surface area contributed by atoms with E-state index in [1.807, 2.05) is 13.8 Å². The lowest BCUT2D eigenvalue weighted by molar-refractivity contribution is -0.120. The van der Waals surface area contributed by atoms with E-state index in [1.54, 1.807) is 6.07 Å². The van der Waals surface area contributed by atoms with Gasteiger partial charge in [0.15, 0.2) is 0 Å². The van der Waals surface area contributed by atoms with Crippen molar-refractivity contribution in [3.8, 4) is 0 Å². The van der Waals surface area contributed by atoms with E-state index >= 15 is 0 Å². The predicted octanol–water partition coefficient (Wildman–Crippen LogP) is 1.95. The van der Waals surface area contributed by atoms with Gasteiger partial charge in [0, 0.05) is 18.7 Å². The fraction of sp³-hybridized carbons (Fsp3) is 0.357. The number of rotatable bonds is 3. The van der Waals surface area contributed by atoms with Crippen LogP contribution >= 0.6 is 0 Å². The Bertz CT molecular complexity index is 581. The second-order valence-electron chi connectivity index (χ2n) is 4.99. The third-order valence-electron chi connectivity index (χ3n) is 3.24. The van der Waals surface area contributed by atoms with Crippen molar-refractivity contribution in [1.29, 1.82) is 0 Å². The van der Waals surface area contributed by atoms with Crippen molar-refractivity contribution in [1.82, 2.24) is 5.32 Å². The SMILES string of the molecule is CC(C)c1ccc(C(=O)O)cc1N1CCC(=O)NC1=O. The number of carbonyl (C=O) groups excluding carboxylic acids is 2. The van der Waals surface area contributed by atoms with Crippen LogP contribution in [0.1, 0.15) is 42.1 Å². The zero-order valence-electron chi connectivity index (χ0n) is 11.3. The van der Waals surface area contributed by atoms with Crippen molar-refractivity contribution in [2.75, 3.05) is 11.4 Å². The lowest BCUT2D eigenvalue weighted by atomic mass is 9.98. The minimum atomic E-state index is -1.05. The molecule has 1 aliphatic rings. The molecule has 2 rings (SSSR count). The van der Waals surface area contributed by atoms with Crippen molar-refractivity contribution in [2.45, 2.75) is 26.2 Å². The number of carbonyl (C=O) groups is 3. The summed E-state index contributed by atoms with van der Waals surface area (Å²) in [5, 5.41) is 11.3. The summed E-state index contributed by atoms with van der Waals surface area (Å²) in [6, 6.07) is 4.21. The van der Waals surface area contributed by atoms with Gasteiger partial charge in [-0.05, 0) is 23.6 Å². The number of carboxylic acid groups (broad SMARTS) is 1. The Morgan fingerprint density at radius 2 is 2.05 bits per heavy atom. The molecule has 3 amide bonds. The second kappa shape index (κ2) is 5.32. The predicted molar refractivity (Wildman–Crippen MR) is 73.0 cm³/mol. The fourth-order valence-corrected chi connectivity index (χ4v) is 2.19. The molecule has 1 fully saturated rings. The number of hydrogen-bond donors (Lipinski definition) is 2. The standard InChI is InChI=1S/C14H16N2O4/c1-8(2)10-4-3-9(13(18)19)7-11(10)16-6-5-12(17)15-14(16)20/h3-4,7-8H,5-6H2,1-2H3,(H,18,19)(H,15,17,20). The van der Waals surface area contributed by atoms with E-state index < -0.39 is 12.0 Å².